The van der Waals surface area contributed by atoms with E-state index in [4.69, 9.17) is 14.2 Å². The van der Waals surface area contributed by atoms with Crippen LogP contribution in [0.2, 0.25) is 0 Å². The van der Waals surface area contributed by atoms with Crippen molar-refractivity contribution >= 4 is 45.7 Å². The molecule has 3 heterocycles. The van der Waals surface area contributed by atoms with Crippen LogP contribution >= 0.6 is 23.1 Å². The van der Waals surface area contributed by atoms with Gasteiger partial charge in [0.2, 0.25) is 5.13 Å². The maximum Gasteiger partial charge on any atom is 0.301 e. The van der Waals surface area contributed by atoms with Gasteiger partial charge < -0.3 is 19.3 Å². The van der Waals surface area contributed by atoms with Crippen LogP contribution < -0.4 is 19.1 Å². The zero-order valence-corrected chi connectivity index (χ0v) is 23.9. The number of carbonyl (C=O) groups is 2. The van der Waals surface area contributed by atoms with E-state index in [1.54, 1.807) is 48.5 Å². The molecule has 1 amide bonds. The van der Waals surface area contributed by atoms with E-state index in [1.165, 1.54) is 28.0 Å². The van der Waals surface area contributed by atoms with Crippen LogP contribution in [0.4, 0.5) is 5.13 Å². The van der Waals surface area contributed by atoms with Gasteiger partial charge >= 0.3 is 5.91 Å². The van der Waals surface area contributed by atoms with Gasteiger partial charge in [0.25, 0.3) is 5.78 Å². The monoisotopic (exact) mass is 599 g/mol. The molecule has 42 heavy (non-hydrogen) atoms. The van der Waals surface area contributed by atoms with Gasteiger partial charge in [-0.05, 0) is 41.5 Å². The number of hydrogen-bond acceptors (Lipinski definition) is 10. The third kappa shape index (κ3) is 5.48. The predicted molar refractivity (Wildman–Crippen MR) is 160 cm³/mol. The van der Waals surface area contributed by atoms with Crippen molar-refractivity contribution in [3.8, 4) is 17.2 Å². The lowest BCUT2D eigenvalue weighted by Gasteiger charge is -2.23. The van der Waals surface area contributed by atoms with Gasteiger partial charge in [0.05, 0.1) is 11.6 Å². The van der Waals surface area contributed by atoms with Crippen LogP contribution in [-0.2, 0) is 15.3 Å². The second-order valence-corrected chi connectivity index (χ2v) is 11.5. The first-order valence-electron chi connectivity index (χ1n) is 13.1. The topological polar surface area (TPSA) is 111 Å². The molecule has 1 saturated heterocycles. The van der Waals surface area contributed by atoms with Crippen LogP contribution in [0.25, 0.3) is 5.76 Å². The third-order valence-electron chi connectivity index (χ3n) is 6.61. The molecular formula is C31H25N3O6S2. The van der Waals surface area contributed by atoms with E-state index in [0.29, 0.717) is 51.7 Å². The van der Waals surface area contributed by atoms with Gasteiger partial charge in [-0.1, -0.05) is 78.2 Å². The molecule has 0 saturated carbocycles. The van der Waals surface area contributed by atoms with E-state index in [2.05, 4.69) is 16.8 Å². The first-order chi connectivity index (χ1) is 20.5. The van der Waals surface area contributed by atoms with E-state index < -0.39 is 17.7 Å². The minimum absolute atomic E-state index is 0.0776. The summed E-state index contributed by atoms with van der Waals surface area (Å²) < 4.78 is 17.6. The van der Waals surface area contributed by atoms with Crippen LogP contribution in [0.1, 0.15) is 22.7 Å². The summed E-state index contributed by atoms with van der Waals surface area (Å²) in [6.45, 7) is 4.74. The average Bonchev–Trinajstić information content (AvgIpc) is 3.60. The Hall–Kier alpha value is -4.61. The quantitative estimate of drug-likeness (QED) is 0.0638. The van der Waals surface area contributed by atoms with Crippen molar-refractivity contribution in [3.63, 3.8) is 0 Å². The smallest absolute Gasteiger partial charge is 0.301 e. The third-order valence-corrected chi connectivity index (χ3v) is 8.74. The number of thioether (sulfide) groups is 1. The number of benzene rings is 3. The van der Waals surface area contributed by atoms with Gasteiger partial charge in [-0.25, -0.2) is 0 Å². The van der Waals surface area contributed by atoms with Crippen molar-refractivity contribution in [3.05, 3.63) is 108 Å². The fourth-order valence-corrected chi connectivity index (χ4v) is 6.52. The Morgan fingerprint density at radius 3 is 2.67 bits per heavy atom. The summed E-state index contributed by atoms with van der Waals surface area (Å²) in [4.78, 5) is 28.5. The maximum absolute atomic E-state index is 13.6. The highest BCUT2D eigenvalue weighted by Gasteiger charge is 2.48. The van der Waals surface area contributed by atoms with Crippen LogP contribution in [0.3, 0.4) is 0 Å². The number of fused-ring (bicyclic) bond motifs is 1. The molecule has 6 rings (SSSR count). The van der Waals surface area contributed by atoms with Crippen molar-refractivity contribution in [1.82, 2.24) is 10.2 Å². The Kier molecular flexibility index (Phi) is 7.93. The van der Waals surface area contributed by atoms with Crippen molar-refractivity contribution in [2.24, 2.45) is 0 Å². The first kappa shape index (κ1) is 27.6. The molecular weight excluding hydrogens is 574 g/mol. The molecule has 1 fully saturated rings. The van der Waals surface area contributed by atoms with Crippen LogP contribution in [0.15, 0.2) is 95.4 Å². The summed E-state index contributed by atoms with van der Waals surface area (Å²) in [5.41, 5.74) is 1.92. The number of ether oxygens (including phenoxy) is 3. The molecule has 212 valence electrons. The van der Waals surface area contributed by atoms with Crippen molar-refractivity contribution in [1.29, 1.82) is 0 Å². The van der Waals surface area contributed by atoms with Gasteiger partial charge in [0.1, 0.15) is 31.3 Å². The van der Waals surface area contributed by atoms with E-state index in [1.807, 2.05) is 30.3 Å². The Morgan fingerprint density at radius 2 is 1.86 bits per heavy atom. The molecule has 2 aliphatic rings. The fraction of sp³-hybridized carbons (Fsp3) is 0.161. The molecule has 1 N–H and O–H groups in total. The van der Waals surface area contributed by atoms with Crippen LogP contribution in [0, 0.1) is 0 Å². The van der Waals surface area contributed by atoms with Gasteiger partial charge in [-0.3, -0.25) is 14.5 Å². The Morgan fingerprint density at radius 1 is 1.05 bits per heavy atom. The second-order valence-electron chi connectivity index (χ2n) is 9.32. The number of amides is 1. The molecule has 0 spiro atoms. The van der Waals surface area contributed by atoms with Crippen LogP contribution in [0.5, 0.6) is 17.2 Å². The van der Waals surface area contributed by atoms with Gasteiger partial charge in [-0.15, -0.1) is 10.2 Å². The molecule has 2 aliphatic heterocycles. The van der Waals surface area contributed by atoms with E-state index >= 15 is 0 Å². The van der Waals surface area contributed by atoms with Crippen molar-refractivity contribution < 1.29 is 28.9 Å². The molecule has 0 aliphatic carbocycles. The number of hydrogen-bond donors (Lipinski definition) is 1. The maximum atomic E-state index is 13.6. The minimum atomic E-state index is -0.981. The summed E-state index contributed by atoms with van der Waals surface area (Å²) in [6.07, 6.45) is 1.62. The Balaban J connectivity index is 1.41. The predicted octanol–water partition coefficient (Wildman–Crippen LogP) is 5.79. The number of nitrogens with zero attached hydrogens (tertiary/aromatic N) is 3. The van der Waals surface area contributed by atoms with E-state index in [0.717, 1.165) is 5.56 Å². The highest BCUT2D eigenvalue weighted by molar-refractivity contribution is 8.00. The molecule has 0 bridgehead atoms. The standard InChI is InChI=1S/C31H25N3O6S2/c1-2-13-38-22-10-6-9-20(16-22)26-25(27(35)21-11-12-23-24(17-21)40-15-14-39-23)28(36)29(37)34(26)30-32-33-31(42-30)41-18-19-7-4-3-5-8-19/h2-12,16-17,26,35H,1,13-15,18H2/t26-/m1/s1. The molecule has 9 nitrogen and oxygen atoms in total. The lowest BCUT2D eigenvalue weighted by molar-refractivity contribution is -0.132. The molecule has 11 heteroatoms. The van der Waals surface area contributed by atoms with Gasteiger partial charge in [-0.2, -0.15) is 0 Å². The number of carbonyl (C=O) groups excluding carboxylic acids is 2. The van der Waals surface area contributed by atoms with Crippen LogP contribution in [-0.4, -0.2) is 46.8 Å². The number of ketones is 1. The number of anilines is 1. The zero-order valence-electron chi connectivity index (χ0n) is 22.3. The van der Waals surface area contributed by atoms with E-state index in [-0.39, 0.29) is 23.1 Å². The molecule has 1 aromatic heterocycles. The number of aromatic nitrogens is 2. The SMILES string of the molecule is C=CCOc1cccc([C@@H]2C(=C(O)c3ccc4c(c3)OCCO4)C(=O)C(=O)N2c2nnc(SCc3ccccc3)s2)c1. The summed E-state index contributed by atoms with van der Waals surface area (Å²) in [5.74, 6) is 0.194. The van der Waals surface area contributed by atoms with Gasteiger partial charge in [0, 0.05) is 11.3 Å². The van der Waals surface area contributed by atoms with Crippen molar-refractivity contribution in [2.45, 2.75) is 16.1 Å². The minimum Gasteiger partial charge on any atom is -0.507 e. The first-order valence-corrected chi connectivity index (χ1v) is 14.9. The number of rotatable bonds is 9. The van der Waals surface area contributed by atoms with Gasteiger partial charge in [0.15, 0.2) is 15.8 Å². The van der Waals surface area contributed by atoms with Crippen molar-refractivity contribution in [2.75, 3.05) is 24.7 Å². The normalized spacial score (nSPS) is 17.3. The summed E-state index contributed by atoms with van der Waals surface area (Å²) in [5, 5.41) is 20.3. The molecule has 3 aromatic carbocycles. The Bertz CT molecular complexity index is 1690. The molecule has 0 unspecified atom stereocenters. The summed E-state index contributed by atoms with van der Waals surface area (Å²) in [7, 11) is 0. The lowest BCUT2D eigenvalue weighted by Crippen LogP contribution is -2.29. The highest BCUT2D eigenvalue weighted by Crippen LogP contribution is 2.45. The highest BCUT2D eigenvalue weighted by atomic mass is 32.2. The molecule has 1 atom stereocenters. The molecule has 4 aromatic rings. The number of Topliss-reactive ketones (excluding diaryl/α,β-unsaturated/α-hetero) is 1. The second kappa shape index (κ2) is 12.1. The fourth-order valence-electron chi connectivity index (χ4n) is 4.70. The van der Waals surface area contributed by atoms with E-state index in [9.17, 15) is 14.7 Å². The molecule has 0 radical (unpaired) electrons. The summed E-state index contributed by atoms with van der Waals surface area (Å²) >= 11 is 2.69. The Labute approximate surface area is 250 Å². The lowest BCUT2D eigenvalue weighted by atomic mass is 9.95. The zero-order chi connectivity index (χ0) is 29.1. The summed E-state index contributed by atoms with van der Waals surface area (Å²) in [6, 6.07) is 20.9. The average molecular weight is 600 g/mol. The number of aliphatic hydroxyl groups excluding tert-OH is 1. The largest absolute Gasteiger partial charge is 0.507 e. The number of aliphatic hydroxyl groups is 1.